The van der Waals surface area contributed by atoms with E-state index in [9.17, 15) is 22.8 Å². The van der Waals surface area contributed by atoms with Crippen LogP contribution in [0.5, 0.6) is 0 Å². The predicted molar refractivity (Wildman–Crippen MR) is 237 cm³/mol. The lowest BCUT2D eigenvalue weighted by Gasteiger charge is -2.49. The molecule has 5 aromatic carbocycles. The minimum absolute atomic E-state index is 0.0419. The molecule has 2 atom stereocenters. The number of aromatic nitrogens is 1. The number of fused-ring (bicyclic) bond motifs is 1. The van der Waals surface area contributed by atoms with Crippen LogP contribution in [0.15, 0.2) is 168 Å². The van der Waals surface area contributed by atoms with Crippen LogP contribution in [0.1, 0.15) is 39.6 Å². The molecule has 0 spiro atoms. The van der Waals surface area contributed by atoms with Crippen LogP contribution in [0.2, 0.25) is 4.34 Å². The number of nitrogens with one attached hydrogen (secondary N) is 1. The minimum atomic E-state index is -4.16. The van der Waals surface area contributed by atoms with Crippen LogP contribution < -0.4 is 11.1 Å². The number of thiazole rings is 1. The fraction of sp³-hybridized carbons (Fsp3) is 0.133. The van der Waals surface area contributed by atoms with E-state index in [1.54, 1.807) is 48.5 Å². The number of hydrogen-bond donors (Lipinski definition) is 2. The van der Waals surface area contributed by atoms with Crippen molar-refractivity contribution in [2.24, 2.45) is 5.16 Å². The highest BCUT2D eigenvalue weighted by Gasteiger charge is 2.56. The second kappa shape index (κ2) is 17.9. The van der Waals surface area contributed by atoms with E-state index in [0.717, 1.165) is 34.3 Å². The van der Waals surface area contributed by atoms with Gasteiger partial charge >= 0.3 is 16.1 Å². The number of carbonyl (C=O) groups excluding carboxylic acids is 3. The van der Waals surface area contributed by atoms with Gasteiger partial charge in [-0.25, -0.2) is 9.78 Å². The first-order valence-electron chi connectivity index (χ1n) is 19.0. The lowest BCUT2D eigenvalue weighted by Crippen LogP contribution is -2.71. The van der Waals surface area contributed by atoms with Gasteiger partial charge in [0.2, 0.25) is 5.60 Å². The zero-order chi connectivity index (χ0) is 43.4. The van der Waals surface area contributed by atoms with Gasteiger partial charge in [-0.05, 0) is 11.1 Å². The Hall–Kier alpha value is -6.46. The molecule has 2 aliphatic rings. The molecule has 3 N–H and O–H groups in total. The van der Waals surface area contributed by atoms with Gasteiger partial charge < -0.3 is 24.8 Å². The van der Waals surface area contributed by atoms with E-state index in [1.807, 2.05) is 103 Å². The first kappa shape index (κ1) is 42.2. The normalized spacial score (nSPS) is 16.6. The third-order valence-electron chi connectivity index (χ3n) is 9.95. The van der Waals surface area contributed by atoms with Crippen molar-refractivity contribution < 1.29 is 36.6 Å². The molecule has 2 aliphatic heterocycles. The van der Waals surface area contributed by atoms with Gasteiger partial charge in [-0.1, -0.05) is 180 Å². The highest BCUT2D eigenvalue weighted by Crippen LogP contribution is 2.44. The quantitative estimate of drug-likeness (QED) is 0.0287. The van der Waals surface area contributed by atoms with Crippen LogP contribution in [0.4, 0.5) is 5.13 Å². The lowest BCUT2D eigenvalue weighted by molar-refractivity contribution is -0.154. The Bertz CT molecular complexity index is 2640. The fourth-order valence-corrected chi connectivity index (χ4v) is 9.99. The second-order valence-corrected chi connectivity index (χ2v) is 18.3. The number of anilines is 1. The highest BCUT2D eigenvalue weighted by molar-refractivity contribution is 8.00. The van der Waals surface area contributed by atoms with Crippen molar-refractivity contribution in [3.05, 3.63) is 201 Å². The van der Waals surface area contributed by atoms with Gasteiger partial charge in [-0.15, -0.1) is 11.8 Å². The molecule has 8 rings (SSSR count). The van der Waals surface area contributed by atoms with Crippen LogP contribution in [0, 0.1) is 0 Å². The average molecular weight is 906 g/mol. The number of hydrogen-bond acceptors (Lipinski definition) is 13. The Labute approximate surface area is 370 Å². The van der Waals surface area contributed by atoms with E-state index in [2.05, 4.69) is 15.5 Å². The molecule has 0 aliphatic carbocycles. The summed E-state index contributed by atoms with van der Waals surface area (Å²) < 4.78 is 36.3. The molecule has 2 amide bonds. The Morgan fingerprint density at radius 1 is 0.839 bits per heavy atom. The highest BCUT2D eigenvalue weighted by atomic mass is 35.5. The smallest absolute Gasteiger partial charge is 0.359 e. The maximum Gasteiger partial charge on any atom is 0.359 e. The van der Waals surface area contributed by atoms with Gasteiger partial charge in [0.05, 0.1) is 12.0 Å². The molecule has 3 heterocycles. The van der Waals surface area contributed by atoms with Gasteiger partial charge in [0.15, 0.2) is 28.4 Å². The molecule has 0 radical (unpaired) electrons. The molecule has 13 nitrogen and oxygen atoms in total. The number of nitrogen functional groups attached to an aromatic ring is 1. The zero-order valence-corrected chi connectivity index (χ0v) is 35.9. The maximum absolute atomic E-state index is 14.5. The molecule has 0 bridgehead atoms. The van der Waals surface area contributed by atoms with Crippen LogP contribution >= 0.6 is 34.7 Å². The van der Waals surface area contributed by atoms with E-state index in [-0.39, 0.29) is 32.4 Å². The number of amides is 2. The summed E-state index contributed by atoms with van der Waals surface area (Å²) in [5, 5.41) is 6.40. The summed E-state index contributed by atoms with van der Waals surface area (Å²) in [5.74, 6) is -3.10. The van der Waals surface area contributed by atoms with Crippen LogP contribution in [-0.2, 0) is 43.9 Å². The summed E-state index contributed by atoms with van der Waals surface area (Å²) in [4.78, 5) is 55.0. The number of oxime groups is 1. The number of nitrogens with two attached hydrogens (primary N) is 1. The molecular weight excluding hydrogens is 870 g/mol. The summed E-state index contributed by atoms with van der Waals surface area (Å²) in [6.45, 7) is 0. The van der Waals surface area contributed by atoms with Crippen LogP contribution in [-0.4, -0.2) is 65.2 Å². The largest absolute Gasteiger partial charge is 0.448 e. The number of benzene rings is 5. The molecule has 0 saturated carbocycles. The first-order valence-corrected chi connectivity index (χ1v) is 23.0. The Morgan fingerprint density at radius 2 is 1.32 bits per heavy atom. The number of ether oxygens (including phenoxy) is 1. The van der Waals surface area contributed by atoms with E-state index in [4.69, 9.17) is 31.1 Å². The van der Waals surface area contributed by atoms with Gasteiger partial charge in [0.25, 0.3) is 11.8 Å². The fourth-order valence-electron chi connectivity index (χ4n) is 7.23. The molecule has 1 aromatic heterocycles. The van der Waals surface area contributed by atoms with Crippen molar-refractivity contribution in [1.82, 2.24) is 15.2 Å². The third kappa shape index (κ3) is 8.54. The number of halogens is 1. The van der Waals surface area contributed by atoms with E-state index in [1.165, 1.54) is 0 Å². The van der Waals surface area contributed by atoms with Crippen LogP contribution in [0.3, 0.4) is 0 Å². The molecule has 0 unspecified atom stereocenters. The van der Waals surface area contributed by atoms with E-state index < -0.39 is 56.7 Å². The van der Waals surface area contributed by atoms with Crippen molar-refractivity contribution in [3.63, 3.8) is 0 Å². The molecule has 1 saturated heterocycles. The molecule has 6 aromatic rings. The standard InChI is InChI=1S/C45H36ClN5O8S3/c1-62(55,56)58-33-27-60-42-36(41(53)51(42)37(33)43(54)57-38(28-17-7-2-8-18-28)29-19-9-3-10-20-29)48-40(52)35(34-39(46)61-44(47)49-34)50-59-45(30-21-11-4-12-22-30,31-23-13-5-14-24-31)32-25-15-6-16-26-32/h2-26,36,38,42H,27H2,1H3,(H2,47,49)(H,48,52)/b50-35-/t36-,42-/m1/s1. The summed E-state index contributed by atoms with van der Waals surface area (Å²) in [7, 11) is -4.16. The van der Waals surface area contributed by atoms with Gasteiger partial charge in [-0.3, -0.25) is 14.5 Å². The average Bonchev–Trinajstić information content (AvgIpc) is 3.63. The SMILES string of the molecule is CS(=O)(=O)OC1=C(C(=O)OC(c2ccccc2)c2ccccc2)N2C(=O)[C@@H](NC(=O)/C(=N\OC(c3ccccc3)(c3ccccc3)c3ccccc3)c3nc(N)sc3Cl)[C@H]2SC1. The number of nitrogens with zero attached hydrogens (tertiary/aromatic N) is 3. The third-order valence-corrected chi connectivity index (χ3v) is 12.8. The van der Waals surface area contributed by atoms with Crippen molar-refractivity contribution in [2.45, 2.75) is 23.1 Å². The number of thioether (sulfide) groups is 1. The lowest BCUT2D eigenvalue weighted by atomic mass is 9.80. The Morgan fingerprint density at radius 3 is 1.77 bits per heavy atom. The maximum atomic E-state index is 14.5. The van der Waals surface area contributed by atoms with E-state index in [0.29, 0.717) is 27.8 Å². The zero-order valence-electron chi connectivity index (χ0n) is 32.7. The predicted octanol–water partition coefficient (Wildman–Crippen LogP) is 7.01. The second-order valence-electron chi connectivity index (χ2n) is 14.0. The van der Waals surface area contributed by atoms with Gasteiger partial charge in [-0.2, -0.15) is 8.42 Å². The molecule has 1 fully saturated rings. The monoisotopic (exact) mass is 905 g/mol. The van der Waals surface area contributed by atoms with Crippen molar-refractivity contribution in [1.29, 1.82) is 0 Å². The molecule has 314 valence electrons. The number of esters is 1. The summed E-state index contributed by atoms with van der Waals surface area (Å²) in [6, 6.07) is 44.7. The Balaban J connectivity index is 1.14. The molecule has 17 heteroatoms. The van der Waals surface area contributed by atoms with Crippen molar-refractivity contribution in [2.75, 3.05) is 17.7 Å². The molecular formula is C45H36ClN5O8S3. The number of rotatable bonds is 14. The van der Waals surface area contributed by atoms with Crippen molar-refractivity contribution >= 4 is 73.4 Å². The van der Waals surface area contributed by atoms with Crippen molar-refractivity contribution in [3.8, 4) is 0 Å². The number of carbonyl (C=O) groups is 3. The van der Waals surface area contributed by atoms with E-state index >= 15 is 0 Å². The van der Waals surface area contributed by atoms with Gasteiger partial charge in [0, 0.05) is 16.7 Å². The summed E-state index contributed by atoms with van der Waals surface area (Å²) in [5.41, 5.74) is 7.10. The number of β-lactam (4-membered cyclic amide) rings is 1. The Kier molecular flexibility index (Phi) is 12.2. The topological polar surface area (TPSA) is 180 Å². The van der Waals surface area contributed by atoms with Crippen LogP contribution in [0.25, 0.3) is 0 Å². The first-order chi connectivity index (χ1) is 29.9. The minimum Gasteiger partial charge on any atom is -0.448 e. The summed E-state index contributed by atoms with van der Waals surface area (Å²) in [6.07, 6.45) is -0.0979. The van der Waals surface area contributed by atoms with Gasteiger partial charge in [0.1, 0.15) is 21.4 Å². The summed E-state index contributed by atoms with van der Waals surface area (Å²) >= 11 is 8.62. The molecule has 62 heavy (non-hydrogen) atoms.